The number of benzene rings is 3. The zero-order chi connectivity index (χ0) is 27.1. The van der Waals surface area contributed by atoms with E-state index in [2.05, 4.69) is 0 Å². The normalized spacial score (nSPS) is 22.2. The summed E-state index contributed by atoms with van der Waals surface area (Å²) in [5, 5.41) is 0. The van der Waals surface area contributed by atoms with Crippen molar-refractivity contribution in [2.75, 3.05) is 6.61 Å². The van der Waals surface area contributed by atoms with Crippen LogP contribution < -0.4 is 0 Å². The van der Waals surface area contributed by atoms with Crippen LogP contribution in [0.5, 0.6) is 0 Å². The van der Waals surface area contributed by atoms with Crippen molar-refractivity contribution in [3.63, 3.8) is 0 Å². The highest BCUT2D eigenvalue weighted by Crippen LogP contribution is 2.37. The fourth-order valence-electron chi connectivity index (χ4n) is 3.96. The largest absolute Gasteiger partial charge is 0.459 e. The van der Waals surface area contributed by atoms with E-state index in [1.54, 1.807) is 91.0 Å². The molecule has 38 heavy (non-hydrogen) atoms. The predicted octanol–water partition coefficient (Wildman–Crippen LogP) is 3.97. The summed E-state index contributed by atoms with van der Waals surface area (Å²) in [5.41, 5.74) is -0.779. The zero-order valence-corrected chi connectivity index (χ0v) is 20.8. The molecule has 9 heteroatoms. The molecule has 0 saturated carbocycles. The minimum Gasteiger partial charge on any atom is -0.459 e. The van der Waals surface area contributed by atoms with Crippen LogP contribution in [0.4, 0.5) is 0 Å². The molecule has 1 saturated heterocycles. The molecule has 0 radical (unpaired) electrons. The standard InChI is InChI=1S/C29H26O9/c1-19(30)35-28-23(36-26(32)21-14-8-4-9-15-21)24(37-27(33)22-16-10-5-11-17-22)29(2,38-28)18-34-25(31)20-12-6-3-7-13-20/h3-17,23-24,28H,18H2,1-2H3/t23-,24+,28?,29-/m1/s1. The summed E-state index contributed by atoms with van der Waals surface area (Å²) in [4.78, 5) is 50.5. The van der Waals surface area contributed by atoms with Crippen LogP contribution in [0.3, 0.4) is 0 Å². The van der Waals surface area contributed by atoms with Gasteiger partial charge in [-0.25, -0.2) is 14.4 Å². The van der Waals surface area contributed by atoms with E-state index in [9.17, 15) is 19.2 Å². The molecule has 0 bridgehead atoms. The molecule has 1 aliphatic heterocycles. The highest BCUT2D eigenvalue weighted by atomic mass is 16.8. The van der Waals surface area contributed by atoms with E-state index in [0.29, 0.717) is 5.56 Å². The van der Waals surface area contributed by atoms with Gasteiger partial charge in [-0.2, -0.15) is 0 Å². The molecule has 4 atom stereocenters. The van der Waals surface area contributed by atoms with E-state index in [0.717, 1.165) is 6.92 Å². The van der Waals surface area contributed by atoms with Crippen LogP contribution in [0.1, 0.15) is 44.9 Å². The van der Waals surface area contributed by atoms with Crippen LogP contribution in [0, 0.1) is 0 Å². The van der Waals surface area contributed by atoms with Gasteiger partial charge in [-0.15, -0.1) is 0 Å². The summed E-state index contributed by atoms with van der Waals surface area (Å²) in [6, 6.07) is 24.6. The molecule has 4 rings (SSSR count). The predicted molar refractivity (Wildman–Crippen MR) is 133 cm³/mol. The van der Waals surface area contributed by atoms with E-state index in [1.165, 1.54) is 6.92 Å². The van der Waals surface area contributed by atoms with Crippen LogP contribution in [0.2, 0.25) is 0 Å². The van der Waals surface area contributed by atoms with E-state index in [1.807, 2.05) is 0 Å². The molecule has 0 amide bonds. The summed E-state index contributed by atoms with van der Waals surface area (Å²) >= 11 is 0. The van der Waals surface area contributed by atoms with Gasteiger partial charge < -0.3 is 23.7 Å². The second-order valence-corrected chi connectivity index (χ2v) is 8.78. The van der Waals surface area contributed by atoms with Crippen molar-refractivity contribution in [2.45, 2.75) is 37.9 Å². The van der Waals surface area contributed by atoms with Gasteiger partial charge in [0.25, 0.3) is 0 Å². The molecule has 196 valence electrons. The number of carbonyl (C=O) groups is 4. The minimum absolute atomic E-state index is 0.228. The highest BCUT2D eigenvalue weighted by molar-refractivity contribution is 5.91. The molecule has 3 aromatic rings. The van der Waals surface area contributed by atoms with Crippen molar-refractivity contribution in [3.05, 3.63) is 108 Å². The van der Waals surface area contributed by atoms with Gasteiger partial charge in [0, 0.05) is 6.92 Å². The average molecular weight is 519 g/mol. The van der Waals surface area contributed by atoms with E-state index < -0.39 is 54.6 Å². The second kappa shape index (κ2) is 11.7. The maximum Gasteiger partial charge on any atom is 0.338 e. The van der Waals surface area contributed by atoms with Gasteiger partial charge in [-0.05, 0) is 43.3 Å². The van der Waals surface area contributed by atoms with Crippen molar-refractivity contribution in [3.8, 4) is 0 Å². The average Bonchev–Trinajstić information content (AvgIpc) is 3.18. The van der Waals surface area contributed by atoms with Crippen LogP contribution >= 0.6 is 0 Å². The Kier molecular flexibility index (Phi) is 8.18. The molecule has 0 aliphatic carbocycles. The van der Waals surface area contributed by atoms with E-state index >= 15 is 0 Å². The maximum absolute atomic E-state index is 13.0. The molecule has 3 aromatic carbocycles. The van der Waals surface area contributed by atoms with Gasteiger partial charge in [0.05, 0.1) is 16.7 Å². The lowest BCUT2D eigenvalue weighted by atomic mass is 9.97. The van der Waals surface area contributed by atoms with Gasteiger partial charge in [0.2, 0.25) is 12.4 Å². The Hall–Kier alpha value is -4.50. The first-order valence-corrected chi connectivity index (χ1v) is 11.9. The molecule has 1 fully saturated rings. The Bertz CT molecular complexity index is 1280. The quantitative estimate of drug-likeness (QED) is 0.323. The van der Waals surface area contributed by atoms with Gasteiger partial charge in [-0.1, -0.05) is 54.6 Å². The smallest absolute Gasteiger partial charge is 0.338 e. The summed E-state index contributed by atoms with van der Waals surface area (Å²) in [6.45, 7) is 2.28. The lowest BCUT2D eigenvalue weighted by Crippen LogP contribution is -2.49. The fourth-order valence-corrected chi connectivity index (χ4v) is 3.96. The molecule has 9 nitrogen and oxygen atoms in total. The van der Waals surface area contributed by atoms with Crippen molar-refractivity contribution in [2.24, 2.45) is 0 Å². The first-order valence-electron chi connectivity index (χ1n) is 11.9. The van der Waals surface area contributed by atoms with Crippen LogP contribution in [-0.2, 0) is 28.5 Å². The van der Waals surface area contributed by atoms with E-state index in [-0.39, 0.29) is 11.1 Å². The van der Waals surface area contributed by atoms with Gasteiger partial charge >= 0.3 is 23.9 Å². The number of rotatable bonds is 8. The van der Waals surface area contributed by atoms with Crippen molar-refractivity contribution >= 4 is 23.9 Å². The lowest BCUT2D eigenvalue weighted by Gasteiger charge is -2.30. The Balaban J connectivity index is 1.64. The maximum atomic E-state index is 13.0. The molecule has 1 unspecified atom stereocenters. The minimum atomic E-state index is -1.55. The Morgan fingerprint density at radius 2 is 1.13 bits per heavy atom. The Labute approximate surface area is 219 Å². The summed E-state index contributed by atoms with van der Waals surface area (Å²) in [7, 11) is 0. The second-order valence-electron chi connectivity index (χ2n) is 8.78. The number of hydrogen-bond acceptors (Lipinski definition) is 9. The topological polar surface area (TPSA) is 114 Å². The Morgan fingerprint density at radius 3 is 1.61 bits per heavy atom. The van der Waals surface area contributed by atoms with E-state index in [4.69, 9.17) is 23.7 Å². The van der Waals surface area contributed by atoms with Gasteiger partial charge in [0.1, 0.15) is 12.2 Å². The van der Waals surface area contributed by atoms with Crippen molar-refractivity contribution < 1.29 is 42.9 Å². The lowest BCUT2D eigenvalue weighted by molar-refractivity contribution is -0.201. The zero-order valence-electron chi connectivity index (χ0n) is 20.8. The van der Waals surface area contributed by atoms with Crippen LogP contribution in [-0.4, -0.2) is 54.6 Å². The molecule has 1 heterocycles. The van der Waals surface area contributed by atoms with Crippen LogP contribution in [0.15, 0.2) is 91.0 Å². The highest BCUT2D eigenvalue weighted by Gasteiger charge is 2.59. The van der Waals surface area contributed by atoms with Gasteiger partial charge in [0.15, 0.2) is 6.10 Å². The van der Waals surface area contributed by atoms with Gasteiger partial charge in [-0.3, -0.25) is 4.79 Å². The summed E-state index contributed by atoms with van der Waals surface area (Å²) in [5.74, 6) is -2.83. The SMILES string of the molecule is CC(=O)OC1O[C@](C)(COC(=O)c2ccccc2)[C@@H](OC(=O)c2ccccc2)[C@H]1OC(=O)c1ccccc1. The first-order chi connectivity index (χ1) is 18.3. The number of carbonyl (C=O) groups excluding carboxylic acids is 4. The van der Waals surface area contributed by atoms with Crippen LogP contribution in [0.25, 0.3) is 0 Å². The molecule has 0 N–H and O–H groups in total. The third-order valence-electron chi connectivity index (χ3n) is 5.83. The fraction of sp³-hybridized carbons (Fsp3) is 0.241. The monoisotopic (exact) mass is 518 g/mol. The van der Waals surface area contributed by atoms with Crippen molar-refractivity contribution in [1.29, 1.82) is 0 Å². The third kappa shape index (κ3) is 6.24. The summed E-state index contributed by atoms with van der Waals surface area (Å²) in [6.07, 6.45) is -4.11. The molecule has 1 aliphatic rings. The number of hydrogen-bond donors (Lipinski definition) is 0. The molecule has 0 aromatic heterocycles. The molecular weight excluding hydrogens is 492 g/mol. The number of esters is 4. The summed E-state index contributed by atoms with van der Waals surface area (Å²) < 4.78 is 28.2. The third-order valence-corrected chi connectivity index (χ3v) is 5.83. The molecular formula is C29H26O9. The number of ether oxygens (including phenoxy) is 5. The first kappa shape index (κ1) is 26.6. The molecule has 0 spiro atoms. The Morgan fingerprint density at radius 1 is 0.684 bits per heavy atom. The van der Waals surface area contributed by atoms with Crippen molar-refractivity contribution in [1.82, 2.24) is 0 Å².